The largest absolute Gasteiger partial charge is 0.411 e. The van der Waals surface area contributed by atoms with Crippen LogP contribution >= 0.6 is 11.3 Å². The number of aryl methyl sites for hydroxylation is 1. The summed E-state index contributed by atoms with van der Waals surface area (Å²) in [6.45, 7) is 3.12. The summed E-state index contributed by atoms with van der Waals surface area (Å²) in [6.07, 6.45) is 2.93. The first-order chi connectivity index (χ1) is 7.70. The van der Waals surface area contributed by atoms with Gasteiger partial charge < -0.3 is 10.1 Å². The highest BCUT2D eigenvalue weighted by atomic mass is 32.1. The van der Waals surface area contributed by atoms with Crippen molar-refractivity contribution in [2.24, 2.45) is 5.16 Å². The minimum absolute atomic E-state index is 0.0302. The second kappa shape index (κ2) is 4.61. The highest BCUT2D eigenvalue weighted by Crippen LogP contribution is 2.17. The number of amides is 1. The van der Waals surface area contributed by atoms with Crippen LogP contribution in [0.15, 0.2) is 11.4 Å². The molecule has 5 nitrogen and oxygen atoms in total. The fourth-order valence-electron chi connectivity index (χ4n) is 1.68. The monoisotopic (exact) mass is 239 g/mol. The van der Waals surface area contributed by atoms with Gasteiger partial charge in [-0.15, -0.1) is 11.3 Å². The standard InChI is InChI=1S/C10H13N3O2S/c1-7-11-6-9(16-7)10(14)13-4-2-8(12-15)3-5-13/h6,15H,2-5H2,1H3. The van der Waals surface area contributed by atoms with Crippen LogP contribution in [-0.4, -0.2) is 39.8 Å². The van der Waals surface area contributed by atoms with E-state index in [4.69, 9.17) is 5.21 Å². The van der Waals surface area contributed by atoms with Gasteiger partial charge in [0.15, 0.2) is 0 Å². The summed E-state index contributed by atoms with van der Waals surface area (Å²) in [5.41, 5.74) is 0.768. The third kappa shape index (κ3) is 2.21. The van der Waals surface area contributed by atoms with Crippen LogP contribution in [0.3, 0.4) is 0 Å². The van der Waals surface area contributed by atoms with E-state index in [1.807, 2.05) is 6.92 Å². The molecule has 1 aromatic rings. The van der Waals surface area contributed by atoms with Crippen LogP contribution in [0.5, 0.6) is 0 Å². The van der Waals surface area contributed by atoms with Crippen molar-refractivity contribution in [2.75, 3.05) is 13.1 Å². The Kier molecular flexibility index (Phi) is 3.19. The lowest BCUT2D eigenvalue weighted by Gasteiger charge is -2.26. The topological polar surface area (TPSA) is 65.8 Å². The van der Waals surface area contributed by atoms with E-state index in [0.29, 0.717) is 30.8 Å². The second-order valence-electron chi connectivity index (χ2n) is 3.70. The lowest BCUT2D eigenvalue weighted by molar-refractivity contribution is 0.0758. The van der Waals surface area contributed by atoms with Crippen molar-refractivity contribution in [3.05, 3.63) is 16.1 Å². The SMILES string of the molecule is Cc1ncc(C(=O)N2CCC(=NO)CC2)s1. The van der Waals surface area contributed by atoms with Gasteiger partial charge in [0.1, 0.15) is 4.88 Å². The van der Waals surface area contributed by atoms with Crippen molar-refractivity contribution >= 4 is 23.0 Å². The number of rotatable bonds is 1. The van der Waals surface area contributed by atoms with Crippen LogP contribution in [0.4, 0.5) is 0 Å². The van der Waals surface area contributed by atoms with Gasteiger partial charge in [-0.3, -0.25) is 4.79 Å². The van der Waals surface area contributed by atoms with Gasteiger partial charge in [-0.1, -0.05) is 5.16 Å². The van der Waals surface area contributed by atoms with Crippen LogP contribution in [0, 0.1) is 6.92 Å². The number of aromatic nitrogens is 1. The molecule has 2 heterocycles. The number of hydrogen-bond acceptors (Lipinski definition) is 5. The zero-order chi connectivity index (χ0) is 11.5. The average molecular weight is 239 g/mol. The molecule has 16 heavy (non-hydrogen) atoms. The molecule has 1 amide bonds. The zero-order valence-electron chi connectivity index (χ0n) is 9.01. The Labute approximate surface area is 97.4 Å². The molecule has 1 fully saturated rings. The maximum Gasteiger partial charge on any atom is 0.265 e. The van der Waals surface area contributed by atoms with Gasteiger partial charge in [-0.2, -0.15) is 0 Å². The third-order valence-electron chi connectivity index (χ3n) is 2.60. The summed E-state index contributed by atoms with van der Waals surface area (Å²) in [5.74, 6) is 0.0302. The molecular formula is C10H13N3O2S. The van der Waals surface area contributed by atoms with E-state index in [9.17, 15) is 4.79 Å². The van der Waals surface area contributed by atoms with Gasteiger partial charge in [-0.05, 0) is 6.92 Å². The van der Waals surface area contributed by atoms with Gasteiger partial charge in [-0.25, -0.2) is 4.98 Å². The minimum atomic E-state index is 0.0302. The van der Waals surface area contributed by atoms with E-state index in [2.05, 4.69) is 10.1 Å². The number of likely N-dealkylation sites (tertiary alicyclic amines) is 1. The molecule has 1 aliphatic heterocycles. The number of carbonyl (C=O) groups is 1. The van der Waals surface area contributed by atoms with Crippen molar-refractivity contribution in [1.29, 1.82) is 0 Å². The summed E-state index contributed by atoms with van der Waals surface area (Å²) in [6, 6.07) is 0. The van der Waals surface area contributed by atoms with Gasteiger partial charge in [0.25, 0.3) is 5.91 Å². The highest BCUT2D eigenvalue weighted by molar-refractivity contribution is 7.13. The molecule has 6 heteroatoms. The Morgan fingerprint density at radius 1 is 1.56 bits per heavy atom. The Balaban J connectivity index is 2.02. The Hall–Kier alpha value is -1.43. The smallest absolute Gasteiger partial charge is 0.265 e. The van der Waals surface area contributed by atoms with Gasteiger partial charge >= 0.3 is 0 Å². The molecule has 0 atom stereocenters. The summed E-state index contributed by atoms with van der Waals surface area (Å²) < 4.78 is 0. The van der Waals surface area contributed by atoms with E-state index in [0.717, 1.165) is 10.7 Å². The zero-order valence-corrected chi connectivity index (χ0v) is 9.83. The molecule has 1 N–H and O–H groups in total. The van der Waals surface area contributed by atoms with Crippen LogP contribution in [-0.2, 0) is 0 Å². The molecule has 1 saturated heterocycles. The van der Waals surface area contributed by atoms with E-state index >= 15 is 0 Å². The molecule has 0 bridgehead atoms. The van der Waals surface area contributed by atoms with Crippen molar-refractivity contribution in [3.63, 3.8) is 0 Å². The number of thiazole rings is 1. The number of hydrogen-bond donors (Lipinski definition) is 1. The predicted octanol–water partition coefficient (Wildman–Crippen LogP) is 1.52. The third-order valence-corrected chi connectivity index (χ3v) is 3.50. The summed E-state index contributed by atoms with van der Waals surface area (Å²) >= 11 is 1.41. The molecule has 0 spiro atoms. The van der Waals surface area contributed by atoms with Gasteiger partial charge in [0.05, 0.1) is 16.9 Å². The molecule has 1 aliphatic rings. The number of nitrogens with zero attached hydrogens (tertiary/aromatic N) is 3. The maximum atomic E-state index is 12.0. The fourth-order valence-corrected chi connectivity index (χ4v) is 2.43. The van der Waals surface area contributed by atoms with Crippen LogP contribution in [0.1, 0.15) is 27.5 Å². The Morgan fingerprint density at radius 3 is 2.75 bits per heavy atom. The van der Waals surface area contributed by atoms with Crippen LogP contribution < -0.4 is 0 Å². The van der Waals surface area contributed by atoms with E-state index < -0.39 is 0 Å². The molecule has 0 aromatic carbocycles. The Morgan fingerprint density at radius 2 is 2.25 bits per heavy atom. The summed E-state index contributed by atoms with van der Waals surface area (Å²) in [5, 5.41) is 12.7. The lowest BCUT2D eigenvalue weighted by atomic mass is 10.1. The molecule has 2 rings (SSSR count). The molecule has 0 radical (unpaired) electrons. The van der Waals surface area contributed by atoms with Gasteiger partial charge in [0.2, 0.25) is 0 Å². The molecule has 1 aromatic heterocycles. The predicted molar refractivity (Wildman–Crippen MR) is 61.2 cm³/mol. The van der Waals surface area contributed by atoms with Crippen LogP contribution in [0.2, 0.25) is 0 Å². The van der Waals surface area contributed by atoms with Crippen molar-refractivity contribution in [3.8, 4) is 0 Å². The van der Waals surface area contributed by atoms with Gasteiger partial charge in [0, 0.05) is 25.9 Å². The highest BCUT2D eigenvalue weighted by Gasteiger charge is 2.22. The molecular weight excluding hydrogens is 226 g/mol. The summed E-state index contributed by atoms with van der Waals surface area (Å²) in [7, 11) is 0. The number of piperidine rings is 1. The van der Waals surface area contributed by atoms with Crippen LogP contribution in [0.25, 0.3) is 0 Å². The van der Waals surface area contributed by atoms with E-state index in [1.165, 1.54) is 11.3 Å². The molecule has 0 aliphatic carbocycles. The average Bonchev–Trinajstić information content (AvgIpc) is 2.75. The van der Waals surface area contributed by atoms with Crippen molar-refractivity contribution in [1.82, 2.24) is 9.88 Å². The first-order valence-electron chi connectivity index (χ1n) is 5.12. The maximum absolute atomic E-state index is 12.0. The quantitative estimate of drug-likeness (QED) is 0.597. The summed E-state index contributed by atoms with van der Waals surface area (Å²) in [4.78, 5) is 18.5. The van der Waals surface area contributed by atoms with E-state index in [-0.39, 0.29) is 5.91 Å². The first-order valence-corrected chi connectivity index (χ1v) is 5.94. The number of oxime groups is 1. The number of carbonyl (C=O) groups excluding carboxylic acids is 1. The molecule has 86 valence electrons. The van der Waals surface area contributed by atoms with E-state index in [1.54, 1.807) is 11.1 Å². The lowest BCUT2D eigenvalue weighted by Crippen LogP contribution is -2.38. The van der Waals surface area contributed by atoms with Crippen molar-refractivity contribution in [2.45, 2.75) is 19.8 Å². The van der Waals surface area contributed by atoms with Crippen molar-refractivity contribution < 1.29 is 10.0 Å². The Bertz CT molecular complexity index is 417. The second-order valence-corrected chi connectivity index (χ2v) is 4.94. The normalized spacial score (nSPS) is 16.3. The molecule has 0 unspecified atom stereocenters. The first kappa shape index (κ1) is 11.1. The molecule has 0 saturated carbocycles. The fraction of sp³-hybridized carbons (Fsp3) is 0.500. The minimum Gasteiger partial charge on any atom is -0.411 e.